The van der Waals surface area contributed by atoms with Crippen molar-refractivity contribution in [1.82, 2.24) is 4.90 Å². The predicted octanol–water partition coefficient (Wildman–Crippen LogP) is 4.25. The molecule has 1 atom stereocenters. The summed E-state index contributed by atoms with van der Waals surface area (Å²) in [5, 5.41) is 4.90. The first-order valence-corrected chi connectivity index (χ1v) is 10.9. The Kier molecular flexibility index (Phi) is 6.23. The molecule has 0 saturated heterocycles. The van der Waals surface area contributed by atoms with Gasteiger partial charge in [-0.15, -0.1) is 11.3 Å². The second kappa shape index (κ2) is 9.22. The maximum atomic E-state index is 12.9. The van der Waals surface area contributed by atoms with E-state index in [1.54, 1.807) is 36.3 Å². The van der Waals surface area contributed by atoms with Crippen LogP contribution in [0.3, 0.4) is 0 Å². The highest BCUT2D eigenvalue weighted by Crippen LogP contribution is 2.30. The first-order valence-electron chi connectivity index (χ1n) is 10.1. The molecule has 4 rings (SSSR count). The number of methoxy groups -OCH3 is 1. The number of nitrogens with zero attached hydrogens (tertiary/aromatic N) is 1. The van der Waals surface area contributed by atoms with Gasteiger partial charge in [-0.3, -0.25) is 9.59 Å². The van der Waals surface area contributed by atoms with Crippen molar-refractivity contribution < 1.29 is 19.1 Å². The normalized spacial score (nSPS) is 15.6. The lowest BCUT2D eigenvalue weighted by Crippen LogP contribution is -2.37. The second-order valence-electron chi connectivity index (χ2n) is 7.43. The zero-order valence-corrected chi connectivity index (χ0v) is 18.3. The number of anilines is 1. The van der Waals surface area contributed by atoms with Gasteiger partial charge in [-0.05, 0) is 54.3 Å². The summed E-state index contributed by atoms with van der Waals surface area (Å²) < 4.78 is 11.2. The molecule has 2 aromatic carbocycles. The van der Waals surface area contributed by atoms with E-state index in [9.17, 15) is 9.59 Å². The molecule has 160 valence electrons. The van der Waals surface area contributed by atoms with Gasteiger partial charge in [-0.2, -0.15) is 0 Å². The Morgan fingerprint density at radius 3 is 2.87 bits per heavy atom. The third-order valence-electron chi connectivity index (χ3n) is 5.09. The van der Waals surface area contributed by atoms with Crippen molar-refractivity contribution >= 4 is 28.8 Å². The third kappa shape index (κ3) is 5.06. The Labute approximate surface area is 185 Å². The van der Waals surface area contributed by atoms with Gasteiger partial charge in [0.2, 0.25) is 5.91 Å². The maximum Gasteiger partial charge on any atom is 0.263 e. The number of ether oxygens (including phenoxy) is 2. The second-order valence-corrected chi connectivity index (χ2v) is 8.46. The Morgan fingerprint density at radius 2 is 2.10 bits per heavy atom. The quantitative estimate of drug-likeness (QED) is 0.627. The minimum atomic E-state index is -0.592. The largest absolute Gasteiger partial charge is 0.497 e. The summed E-state index contributed by atoms with van der Waals surface area (Å²) in [7, 11) is 1.62. The monoisotopic (exact) mass is 436 g/mol. The van der Waals surface area contributed by atoms with Crippen molar-refractivity contribution in [3.05, 3.63) is 76.0 Å². The molecule has 0 spiro atoms. The molecule has 6 nitrogen and oxygen atoms in total. The summed E-state index contributed by atoms with van der Waals surface area (Å²) in [6.45, 7) is 2.59. The average molecular weight is 437 g/mol. The predicted molar refractivity (Wildman–Crippen MR) is 120 cm³/mol. The van der Waals surface area contributed by atoms with E-state index >= 15 is 0 Å². The highest BCUT2D eigenvalue weighted by atomic mass is 32.1. The summed E-state index contributed by atoms with van der Waals surface area (Å²) in [5.74, 6) is 1.25. The van der Waals surface area contributed by atoms with Crippen molar-refractivity contribution in [2.24, 2.45) is 0 Å². The van der Waals surface area contributed by atoms with E-state index in [1.807, 2.05) is 53.9 Å². The molecule has 0 unspecified atom stereocenters. The molecule has 31 heavy (non-hydrogen) atoms. The summed E-state index contributed by atoms with van der Waals surface area (Å²) >= 11 is 1.56. The highest BCUT2D eigenvalue weighted by molar-refractivity contribution is 7.10. The van der Waals surface area contributed by atoms with Crippen LogP contribution in [-0.2, 0) is 29.1 Å². The minimum Gasteiger partial charge on any atom is -0.497 e. The van der Waals surface area contributed by atoms with Crippen LogP contribution >= 0.6 is 11.3 Å². The molecule has 1 aliphatic rings. The molecule has 1 aromatic heterocycles. The van der Waals surface area contributed by atoms with Crippen molar-refractivity contribution in [3.63, 3.8) is 0 Å². The van der Waals surface area contributed by atoms with Crippen LogP contribution in [0.2, 0.25) is 0 Å². The molecule has 2 heterocycles. The number of thiophene rings is 1. The molecular weight excluding hydrogens is 412 g/mol. The standard InChI is InChI=1S/C24H24N2O4S/c1-16-24(28)26(14-17-5-3-6-20(11-17)29-2)15-18-12-19(8-9-22(18)30-16)25-23(27)13-21-7-4-10-31-21/h3-12,16H,13-15H2,1-2H3,(H,25,27)/t16-/m1/s1. The van der Waals surface area contributed by atoms with Crippen LogP contribution in [-0.4, -0.2) is 29.9 Å². The van der Waals surface area contributed by atoms with E-state index in [4.69, 9.17) is 9.47 Å². The molecule has 7 heteroatoms. The summed E-state index contributed by atoms with van der Waals surface area (Å²) in [5.41, 5.74) is 2.52. The average Bonchev–Trinajstić information content (AvgIpc) is 3.23. The first kappa shape index (κ1) is 20.9. The van der Waals surface area contributed by atoms with Crippen LogP contribution in [0.5, 0.6) is 11.5 Å². The number of nitrogens with one attached hydrogen (secondary N) is 1. The molecule has 0 radical (unpaired) electrons. The van der Waals surface area contributed by atoms with Gasteiger partial charge in [-0.1, -0.05) is 18.2 Å². The molecule has 2 amide bonds. The van der Waals surface area contributed by atoms with Crippen LogP contribution < -0.4 is 14.8 Å². The van der Waals surface area contributed by atoms with Gasteiger partial charge in [0.1, 0.15) is 11.5 Å². The van der Waals surface area contributed by atoms with Crippen molar-refractivity contribution in [1.29, 1.82) is 0 Å². The van der Waals surface area contributed by atoms with Gasteiger partial charge < -0.3 is 19.7 Å². The Balaban J connectivity index is 1.52. The fourth-order valence-electron chi connectivity index (χ4n) is 3.58. The van der Waals surface area contributed by atoms with Crippen molar-refractivity contribution in [2.45, 2.75) is 32.5 Å². The van der Waals surface area contributed by atoms with Crippen molar-refractivity contribution in [2.75, 3.05) is 12.4 Å². The van der Waals surface area contributed by atoms with Crippen LogP contribution in [0.4, 0.5) is 5.69 Å². The Hall–Kier alpha value is -3.32. The number of amides is 2. The molecule has 3 aromatic rings. The van der Waals surface area contributed by atoms with E-state index < -0.39 is 6.10 Å². The van der Waals surface area contributed by atoms with E-state index in [0.29, 0.717) is 30.9 Å². The summed E-state index contributed by atoms with van der Waals surface area (Å²) in [4.78, 5) is 28.1. The Bertz CT molecular complexity index is 1080. The number of carbonyl (C=O) groups excluding carboxylic acids is 2. The number of carbonyl (C=O) groups is 2. The minimum absolute atomic E-state index is 0.0744. The maximum absolute atomic E-state index is 12.9. The molecule has 1 N–H and O–H groups in total. The lowest BCUT2D eigenvalue weighted by Gasteiger charge is -2.22. The van der Waals surface area contributed by atoms with Gasteiger partial charge in [-0.25, -0.2) is 0 Å². The van der Waals surface area contributed by atoms with Crippen LogP contribution in [0.25, 0.3) is 0 Å². The Morgan fingerprint density at radius 1 is 1.23 bits per heavy atom. The lowest BCUT2D eigenvalue weighted by molar-refractivity contribution is -0.138. The molecule has 0 bridgehead atoms. The van der Waals surface area contributed by atoms with E-state index in [2.05, 4.69) is 5.32 Å². The van der Waals surface area contributed by atoms with E-state index in [1.165, 1.54) is 0 Å². The molecular formula is C24H24N2O4S. The smallest absolute Gasteiger partial charge is 0.263 e. The topological polar surface area (TPSA) is 67.9 Å². The van der Waals surface area contributed by atoms with Gasteiger partial charge in [0.25, 0.3) is 5.91 Å². The van der Waals surface area contributed by atoms with Crippen LogP contribution in [0.15, 0.2) is 60.0 Å². The zero-order chi connectivity index (χ0) is 21.8. The first-order chi connectivity index (χ1) is 15.0. The fourth-order valence-corrected chi connectivity index (χ4v) is 4.28. The number of hydrogen-bond donors (Lipinski definition) is 1. The summed E-state index contributed by atoms with van der Waals surface area (Å²) in [6.07, 6.45) is -0.256. The summed E-state index contributed by atoms with van der Waals surface area (Å²) in [6, 6.07) is 17.0. The highest BCUT2D eigenvalue weighted by Gasteiger charge is 2.28. The van der Waals surface area contributed by atoms with Crippen LogP contribution in [0.1, 0.15) is 22.9 Å². The van der Waals surface area contributed by atoms with Crippen LogP contribution in [0, 0.1) is 0 Å². The molecule has 0 fully saturated rings. The van der Waals surface area contributed by atoms with Gasteiger partial charge in [0.05, 0.1) is 13.5 Å². The molecule has 1 aliphatic heterocycles. The van der Waals surface area contributed by atoms with E-state index in [0.717, 1.165) is 21.8 Å². The number of fused-ring (bicyclic) bond motifs is 1. The SMILES string of the molecule is COc1cccc(CN2Cc3cc(NC(=O)Cc4cccs4)ccc3O[C@H](C)C2=O)c1. The van der Waals surface area contributed by atoms with Gasteiger partial charge >= 0.3 is 0 Å². The zero-order valence-electron chi connectivity index (χ0n) is 17.5. The lowest BCUT2D eigenvalue weighted by atomic mass is 10.1. The third-order valence-corrected chi connectivity index (χ3v) is 5.97. The fraction of sp³-hybridized carbons (Fsp3) is 0.250. The molecule has 0 saturated carbocycles. The van der Waals surface area contributed by atoms with Gasteiger partial charge in [0.15, 0.2) is 6.10 Å². The van der Waals surface area contributed by atoms with Gasteiger partial charge in [0, 0.05) is 29.2 Å². The molecule has 0 aliphatic carbocycles. The van der Waals surface area contributed by atoms with Crippen molar-refractivity contribution in [3.8, 4) is 11.5 Å². The number of rotatable bonds is 6. The number of benzene rings is 2. The van der Waals surface area contributed by atoms with E-state index in [-0.39, 0.29) is 11.8 Å². The number of hydrogen-bond acceptors (Lipinski definition) is 5.